The third-order valence-electron chi connectivity index (χ3n) is 4.48. The molecule has 32 heavy (non-hydrogen) atoms. The topological polar surface area (TPSA) is 93.5 Å². The molecule has 0 aliphatic rings. The molecule has 0 spiro atoms. The number of aryl methyl sites for hydroxylation is 1. The van der Waals surface area contributed by atoms with Crippen LogP contribution < -0.4 is 19.5 Å². The molecule has 1 aromatic heterocycles. The first kappa shape index (κ1) is 22.4. The number of carbonyl (C=O) groups excluding carboxylic acids is 1. The predicted molar refractivity (Wildman–Crippen MR) is 122 cm³/mol. The van der Waals surface area contributed by atoms with Crippen molar-refractivity contribution in [1.82, 2.24) is 4.98 Å². The van der Waals surface area contributed by atoms with Gasteiger partial charge in [-0.3, -0.25) is 4.79 Å². The number of aromatic nitrogens is 1. The van der Waals surface area contributed by atoms with Gasteiger partial charge in [-0.15, -0.1) is 0 Å². The number of carbonyl (C=O) groups is 1. The van der Waals surface area contributed by atoms with E-state index in [1.165, 1.54) is 0 Å². The van der Waals surface area contributed by atoms with Crippen LogP contribution in [0, 0.1) is 18.3 Å². The van der Waals surface area contributed by atoms with Crippen molar-refractivity contribution in [2.45, 2.75) is 13.8 Å². The summed E-state index contributed by atoms with van der Waals surface area (Å²) in [6.45, 7) is 3.61. The number of nitrogens with one attached hydrogen (secondary N) is 1. The van der Waals surface area contributed by atoms with Crippen molar-refractivity contribution in [2.75, 3.05) is 19.0 Å². The standard InChI is InChI=1S/C25H23N3O4/c1-4-6-18-8-11-22(23(14-18)30-3)31-16-24(29)28-21-10-9-20(13-17(21)2)32-25-19(15-26)7-5-12-27-25/h4-14H,16H2,1-3H3,(H,28,29). The van der Waals surface area contributed by atoms with E-state index in [1.807, 2.05) is 44.2 Å². The van der Waals surface area contributed by atoms with Crippen LogP contribution in [0.3, 0.4) is 0 Å². The predicted octanol–water partition coefficient (Wildman–Crippen LogP) is 5.11. The van der Waals surface area contributed by atoms with Gasteiger partial charge in [-0.2, -0.15) is 5.26 Å². The number of nitriles is 1. The van der Waals surface area contributed by atoms with E-state index in [1.54, 1.807) is 49.7 Å². The molecular formula is C25H23N3O4. The van der Waals surface area contributed by atoms with Crippen molar-refractivity contribution >= 4 is 17.7 Å². The highest BCUT2D eigenvalue weighted by Gasteiger charge is 2.11. The van der Waals surface area contributed by atoms with Crippen LogP contribution in [0.25, 0.3) is 6.08 Å². The number of allylic oxidation sites excluding steroid dienone is 1. The summed E-state index contributed by atoms with van der Waals surface area (Å²) >= 11 is 0. The van der Waals surface area contributed by atoms with Crippen LogP contribution >= 0.6 is 0 Å². The molecule has 7 nitrogen and oxygen atoms in total. The number of amides is 1. The second-order valence-electron chi connectivity index (χ2n) is 6.79. The molecule has 0 atom stereocenters. The van der Waals surface area contributed by atoms with Gasteiger partial charge in [0.1, 0.15) is 17.4 Å². The fourth-order valence-electron chi connectivity index (χ4n) is 2.94. The van der Waals surface area contributed by atoms with Gasteiger partial charge in [0.25, 0.3) is 5.91 Å². The molecule has 1 N–H and O–H groups in total. The molecule has 3 rings (SSSR count). The van der Waals surface area contributed by atoms with Crippen molar-refractivity contribution in [3.05, 3.63) is 77.5 Å². The molecule has 1 amide bonds. The van der Waals surface area contributed by atoms with Crippen LogP contribution in [0.1, 0.15) is 23.6 Å². The van der Waals surface area contributed by atoms with Crippen molar-refractivity contribution in [1.29, 1.82) is 5.26 Å². The Morgan fingerprint density at radius 1 is 1.19 bits per heavy atom. The SMILES string of the molecule is CC=Cc1ccc(OCC(=O)Nc2ccc(Oc3ncccc3C#N)cc2C)c(OC)c1. The molecule has 3 aromatic rings. The number of hydrogen-bond acceptors (Lipinski definition) is 6. The van der Waals surface area contributed by atoms with Crippen LogP contribution in [-0.4, -0.2) is 24.6 Å². The highest BCUT2D eigenvalue weighted by atomic mass is 16.5. The van der Waals surface area contributed by atoms with Crippen LogP contribution in [0.5, 0.6) is 23.1 Å². The quantitative estimate of drug-likeness (QED) is 0.535. The normalized spacial score (nSPS) is 10.4. The Morgan fingerprint density at radius 3 is 2.75 bits per heavy atom. The molecule has 162 valence electrons. The fourth-order valence-corrected chi connectivity index (χ4v) is 2.94. The molecule has 0 radical (unpaired) electrons. The summed E-state index contributed by atoms with van der Waals surface area (Å²) in [5.41, 5.74) is 2.74. The lowest BCUT2D eigenvalue weighted by Crippen LogP contribution is -2.20. The van der Waals surface area contributed by atoms with Crippen LogP contribution in [0.4, 0.5) is 5.69 Å². The van der Waals surface area contributed by atoms with Crippen molar-refractivity contribution < 1.29 is 19.0 Å². The summed E-state index contributed by atoms with van der Waals surface area (Å²) in [7, 11) is 1.55. The van der Waals surface area contributed by atoms with Crippen molar-refractivity contribution in [3.63, 3.8) is 0 Å². The Kier molecular flexibility index (Phi) is 7.44. The number of benzene rings is 2. The smallest absolute Gasteiger partial charge is 0.262 e. The molecule has 0 aliphatic carbocycles. The zero-order valence-corrected chi connectivity index (χ0v) is 18.1. The van der Waals surface area contributed by atoms with Gasteiger partial charge in [0, 0.05) is 11.9 Å². The number of ether oxygens (including phenoxy) is 3. The lowest BCUT2D eigenvalue weighted by molar-refractivity contribution is -0.118. The Balaban J connectivity index is 1.63. The van der Waals surface area contributed by atoms with Crippen LogP contribution in [0.2, 0.25) is 0 Å². The molecule has 0 bridgehead atoms. The fraction of sp³-hybridized carbons (Fsp3) is 0.160. The lowest BCUT2D eigenvalue weighted by atomic mass is 10.2. The molecule has 7 heteroatoms. The number of anilines is 1. The third-order valence-corrected chi connectivity index (χ3v) is 4.48. The molecule has 2 aromatic carbocycles. The minimum atomic E-state index is -0.308. The minimum Gasteiger partial charge on any atom is -0.493 e. The zero-order chi connectivity index (χ0) is 22.9. The summed E-state index contributed by atoms with van der Waals surface area (Å²) in [4.78, 5) is 16.5. The second kappa shape index (κ2) is 10.6. The monoisotopic (exact) mass is 429 g/mol. The molecule has 1 heterocycles. The number of pyridine rings is 1. The van der Waals surface area contributed by atoms with E-state index in [-0.39, 0.29) is 18.4 Å². The summed E-state index contributed by atoms with van der Waals surface area (Å²) in [6, 6.07) is 16.0. The van der Waals surface area contributed by atoms with Gasteiger partial charge >= 0.3 is 0 Å². The van der Waals surface area contributed by atoms with E-state index in [9.17, 15) is 4.79 Å². The second-order valence-corrected chi connectivity index (χ2v) is 6.79. The van der Waals surface area contributed by atoms with Crippen molar-refractivity contribution in [2.24, 2.45) is 0 Å². The number of rotatable bonds is 8. The highest BCUT2D eigenvalue weighted by molar-refractivity contribution is 5.92. The van der Waals surface area contributed by atoms with E-state index >= 15 is 0 Å². The summed E-state index contributed by atoms with van der Waals surface area (Å²) in [5, 5.41) is 12.0. The Morgan fingerprint density at radius 2 is 2.03 bits per heavy atom. The van der Waals surface area contributed by atoms with Gasteiger partial charge in [-0.05, 0) is 67.4 Å². The summed E-state index contributed by atoms with van der Waals surface area (Å²) in [5.74, 6) is 1.47. The average Bonchev–Trinajstić information content (AvgIpc) is 2.80. The largest absolute Gasteiger partial charge is 0.493 e. The number of hydrogen-bond donors (Lipinski definition) is 1. The van der Waals surface area contributed by atoms with Gasteiger partial charge in [0.2, 0.25) is 5.88 Å². The maximum absolute atomic E-state index is 12.4. The Hall–Kier alpha value is -4.31. The average molecular weight is 429 g/mol. The van der Waals surface area contributed by atoms with Crippen molar-refractivity contribution in [3.8, 4) is 29.2 Å². The van der Waals surface area contributed by atoms with Crippen LogP contribution in [0.15, 0.2) is 60.8 Å². The van der Waals surface area contributed by atoms with E-state index < -0.39 is 0 Å². The van der Waals surface area contributed by atoms with E-state index in [2.05, 4.69) is 10.3 Å². The molecular weight excluding hydrogens is 406 g/mol. The Labute approximate surface area is 186 Å². The van der Waals surface area contributed by atoms with Gasteiger partial charge < -0.3 is 19.5 Å². The summed E-state index contributed by atoms with van der Waals surface area (Å²) in [6.07, 6.45) is 5.44. The van der Waals surface area contributed by atoms with E-state index in [0.717, 1.165) is 11.1 Å². The zero-order valence-electron chi connectivity index (χ0n) is 18.1. The molecule has 0 saturated carbocycles. The van der Waals surface area contributed by atoms with Gasteiger partial charge in [-0.1, -0.05) is 18.2 Å². The van der Waals surface area contributed by atoms with Crippen LogP contribution in [-0.2, 0) is 4.79 Å². The van der Waals surface area contributed by atoms with Gasteiger partial charge in [-0.25, -0.2) is 4.98 Å². The molecule has 0 saturated heterocycles. The first-order valence-corrected chi connectivity index (χ1v) is 9.91. The van der Waals surface area contributed by atoms with E-state index in [4.69, 9.17) is 19.5 Å². The maximum atomic E-state index is 12.4. The maximum Gasteiger partial charge on any atom is 0.262 e. The molecule has 0 unspecified atom stereocenters. The third kappa shape index (κ3) is 5.64. The number of nitrogens with zero attached hydrogens (tertiary/aromatic N) is 2. The highest BCUT2D eigenvalue weighted by Crippen LogP contribution is 2.29. The van der Waals surface area contributed by atoms with E-state index in [0.29, 0.717) is 28.5 Å². The van der Waals surface area contributed by atoms with Gasteiger partial charge in [0.15, 0.2) is 18.1 Å². The minimum absolute atomic E-state index is 0.170. The number of methoxy groups -OCH3 is 1. The summed E-state index contributed by atoms with van der Waals surface area (Å²) < 4.78 is 16.7. The van der Waals surface area contributed by atoms with Gasteiger partial charge in [0.05, 0.1) is 7.11 Å². The lowest BCUT2D eigenvalue weighted by Gasteiger charge is -2.13. The first-order valence-electron chi connectivity index (χ1n) is 9.91. The molecule has 0 aliphatic heterocycles. The first-order chi connectivity index (χ1) is 15.5. The Bertz CT molecular complexity index is 1180. The molecule has 0 fully saturated rings.